The van der Waals surface area contributed by atoms with Crippen LogP contribution in [0.5, 0.6) is 0 Å². The van der Waals surface area contributed by atoms with Crippen LogP contribution < -0.4 is 10.6 Å². The van der Waals surface area contributed by atoms with E-state index in [0.29, 0.717) is 0 Å². The Balaban J connectivity index is 2.17. The highest BCUT2D eigenvalue weighted by atomic mass is 79.9. The summed E-state index contributed by atoms with van der Waals surface area (Å²) in [5.41, 5.74) is 9.01. The summed E-state index contributed by atoms with van der Waals surface area (Å²) < 4.78 is 1.12. The van der Waals surface area contributed by atoms with E-state index in [0.717, 1.165) is 23.2 Å². The Hall–Kier alpha value is -1.48. The number of nitrogen functional groups attached to an aromatic ring is 1. The van der Waals surface area contributed by atoms with Crippen molar-refractivity contribution in [1.29, 1.82) is 0 Å². The third-order valence-corrected chi connectivity index (χ3v) is 3.40. The van der Waals surface area contributed by atoms with Gasteiger partial charge in [0.05, 0.1) is 0 Å². The molecule has 0 heterocycles. The maximum absolute atomic E-state index is 5.72. The van der Waals surface area contributed by atoms with E-state index in [-0.39, 0.29) is 0 Å². The number of nitrogens with zero attached hydrogens (tertiary/aromatic N) is 1. The van der Waals surface area contributed by atoms with Crippen LogP contribution in [-0.2, 0) is 6.54 Å². The molecule has 2 rings (SSSR count). The maximum atomic E-state index is 5.72. The average Bonchev–Trinajstić information content (AvgIpc) is 2.37. The molecule has 2 aromatic rings. The predicted molar refractivity (Wildman–Crippen MR) is 81.7 cm³/mol. The Morgan fingerprint density at radius 3 is 2.44 bits per heavy atom. The number of hydrogen-bond acceptors (Lipinski definition) is 2. The highest BCUT2D eigenvalue weighted by Crippen LogP contribution is 2.20. The third kappa shape index (κ3) is 3.26. The van der Waals surface area contributed by atoms with Crippen LogP contribution in [0.2, 0.25) is 0 Å². The molecule has 0 aliphatic rings. The van der Waals surface area contributed by atoms with Gasteiger partial charge >= 0.3 is 0 Å². The van der Waals surface area contributed by atoms with Crippen molar-refractivity contribution >= 4 is 27.3 Å². The molecule has 0 spiro atoms. The largest absolute Gasteiger partial charge is 0.399 e. The van der Waals surface area contributed by atoms with E-state index in [4.69, 9.17) is 5.73 Å². The van der Waals surface area contributed by atoms with Gasteiger partial charge in [-0.1, -0.05) is 28.1 Å². The van der Waals surface area contributed by atoms with Gasteiger partial charge in [-0.15, -0.1) is 0 Å². The minimum Gasteiger partial charge on any atom is -0.399 e. The van der Waals surface area contributed by atoms with Gasteiger partial charge in [0, 0.05) is 28.9 Å². The predicted octanol–water partition coefficient (Wildman–Crippen LogP) is 4.06. The molecule has 0 bridgehead atoms. The minimum atomic E-state index is 0.803. The van der Waals surface area contributed by atoms with Crippen LogP contribution in [0.3, 0.4) is 0 Å². The molecule has 3 heteroatoms. The van der Waals surface area contributed by atoms with Gasteiger partial charge in [-0.3, -0.25) is 0 Å². The first-order valence-electron chi connectivity index (χ1n) is 6.04. The molecule has 2 nitrogen and oxygen atoms in total. The van der Waals surface area contributed by atoms with Crippen molar-refractivity contribution < 1.29 is 0 Å². The number of benzene rings is 2. The summed E-state index contributed by atoms with van der Waals surface area (Å²) in [5.74, 6) is 0. The second kappa shape index (κ2) is 5.91. The monoisotopic (exact) mass is 304 g/mol. The van der Waals surface area contributed by atoms with Gasteiger partial charge in [0.25, 0.3) is 0 Å². The number of nitrogens with two attached hydrogens (primary N) is 1. The summed E-state index contributed by atoms with van der Waals surface area (Å²) in [4.78, 5) is 2.32. The average molecular weight is 305 g/mol. The summed E-state index contributed by atoms with van der Waals surface area (Å²) in [7, 11) is 0. The van der Waals surface area contributed by atoms with Gasteiger partial charge in [0.2, 0.25) is 0 Å². The molecular weight excluding hydrogens is 288 g/mol. The molecule has 0 aliphatic carbocycles. The van der Waals surface area contributed by atoms with Gasteiger partial charge < -0.3 is 10.6 Å². The van der Waals surface area contributed by atoms with E-state index in [9.17, 15) is 0 Å². The van der Waals surface area contributed by atoms with Crippen molar-refractivity contribution in [3.05, 3.63) is 58.6 Å². The first-order chi connectivity index (χ1) is 8.69. The van der Waals surface area contributed by atoms with Crippen LogP contribution in [-0.4, -0.2) is 6.54 Å². The fraction of sp³-hybridized carbons (Fsp3) is 0.200. The van der Waals surface area contributed by atoms with Gasteiger partial charge in [-0.05, 0) is 48.9 Å². The number of halogens is 1. The molecule has 0 aromatic heterocycles. The first-order valence-corrected chi connectivity index (χ1v) is 6.83. The first kappa shape index (κ1) is 13.0. The lowest BCUT2D eigenvalue weighted by molar-refractivity contribution is 0.831. The van der Waals surface area contributed by atoms with Crippen LogP contribution in [0.4, 0.5) is 11.4 Å². The molecule has 2 N–H and O–H groups in total. The number of anilines is 2. The van der Waals surface area contributed by atoms with Crippen molar-refractivity contribution in [1.82, 2.24) is 0 Å². The highest BCUT2D eigenvalue weighted by molar-refractivity contribution is 9.10. The van der Waals surface area contributed by atoms with Gasteiger partial charge in [0.1, 0.15) is 0 Å². The van der Waals surface area contributed by atoms with E-state index in [1.807, 2.05) is 18.2 Å². The Kier molecular flexibility index (Phi) is 4.26. The quantitative estimate of drug-likeness (QED) is 0.863. The zero-order valence-electron chi connectivity index (χ0n) is 10.4. The van der Waals surface area contributed by atoms with Gasteiger partial charge in [-0.2, -0.15) is 0 Å². The molecule has 0 atom stereocenters. The van der Waals surface area contributed by atoms with Gasteiger partial charge in [0.15, 0.2) is 0 Å². The molecule has 0 radical (unpaired) electrons. The zero-order valence-corrected chi connectivity index (χ0v) is 12.0. The van der Waals surface area contributed by atoms with Crippen LogP contribution in [0.15, 0.2) is 53.0 Å². The Bertz CT molecular complexity index is 508. The number of hydrogen-bond donors (Lipinski definition) is 1. The van der Waals surface area contributed by atoms with Crippen molar-refractivity contribution in [2.75, 3.05) is 17.2 Å². The van der Waals surface area contributed by atoms with E-state index >= 15 is 0 Å². The Morgan fingerprint density at radius 2 is 1.83 bits per heavy atom. The zero-order chi connectivity index (χ0) is 13.0. The van der Waals surface area contributed by atoms with E-state index < -0.39 is 0 Å². The van der Waals surface area contributed by atoms with Crippen LogP contribution >= 0.6 is 15.9 Å². The molecule has 18 heavy (non-hydrogen) atoms. The molecule has 0 aliphatic heterocycles. The minimum absolute atomic E-state index is 0.803. The SMILES string of the molecule is CCN(Cc1cccc(Br)c1)c1ccc(N)cc1. The molecule has 0 saturated heterocycles. The topological polar surface area (TPSA) is 29.3 Å². The van der Waals surface area contributed by atoms with Crippen molar-refractivity contribution in [2.24, 2.45) is 0 Å². The molecule has 0 amide bonds. The molecule has 2 aromatic carbocycles. The molecule has 0 fully saturated rings. The smallest absolute Gasteiger partial charge is 0.0429 e. The maximum Gasteiger partial charge on any atom is 0.0429 e. The molecular formula is C15H17BrN2. The molecule has 0 saturated carbocycles. The Morgan fingerprint density at radius 1 is 1.11 bits per heavy atom. The second-order valence-corrected chi connectivity index (χ2v) is 5.15. The summed E-state index contributed by atoms with van der Waals surface area (Å²) in [6.07, 6.45) is 0. The summed E-state index contributed by atoms with van der Waals surface area (Å²) >= 11 is 3.50. The molecule has 94 valence electrons. The highest BCUT2D eigenvalue weighted by Gasteiger charge is 2.05. The number of rotatable bonds is 4. The van der Waals surface area contributed by atoms with Crippen molar-refractivity contribution in [3.63, 3.8) is 0 Å². The summed E-state index contributed by atoms with van der Waals surface area (Å²) in [5, 5.41) is 0. The normalized spacial score (nSPS) is 10.3. The molecule has 0 unspecified atom stereocenters. The lowest BCUT2D eigenvalue weighted by atomic mass is 10.2. The Labute approximate surface area is 117 Å². The fourth-order valence-corrected chi connectivity index (χ4v) is 2.37. The van der Waals surface area contributed by atoms with E-state index in [2.05, 4.69) is 58.1 Å². The fourth-order valence-electron chi connectivity index (χ4n) is 1.93. The lowest BCUT2D eigenvalue weighted by Crippen LogP contribution is -2.21. The second-order valence-electron chi connectivity index (χ2n) is 4.24. The summed E-state index contributed by atoms with van der Waals surface area (Å²) in [6, 6.07) is 16.4. The standard InChI is InChI=1S/C15H17BrN2/c1-2-18(15-8-6-14(17)7-9-15)11-12-4-3-5-13(16)10-12/h3-10H,2,11,17H2,1H3. The van der Waals surface area contributed by atoms with Crippen LogP contribution in [0, 0.1) is 0 Å². The van der Waals surface area contributed by atoms with Crippen molar-refractivity contribution in [2.45, 2.75) is 13.5 Å². The third-order valence-electron chi connectivity index (χ3n) is 2.90. The van der Waals surface area contributed by atoms with Crippen molar-refractivity contribution in [3.8, 4) is 0 Å². The van der Waals surface area contributed by atoms with Crippen LogP contribution in [0.25, 0.3) is 0 Å². The lowest BCUT2D eigenvalue weighted by Gasteiger charge is -2.23. The van der Waals surface area contributed by atoms with Gasteiger partial charge in [-0.25, -0.2) is 0 Å². The van der Waals surface area contributed by atoms with E-state index in [1.54, 1.807) is 0 Å². The summed E-state index contributed by atoms with van der Waals surface area (Å²) in [6.45, 7) is 4.03. The van der Waals surface area contributed by atoms with E-state index in [1.165, 1.54) is 11.3 Å². The van der Waals surface area contributed by atoms with Crippen LogP contribution in [0.1, 0.15) is 12.5 Å².